The number of thioether (sulfide) groups is 1. The lowest BCUT2D eigenvalue weighted by molar-refractivity contribution is -0.113. The number of aromatic nitrogens is 2. The van der Waals surface area contributed by atoms with E-state index in [1.54, 1.807) is 19.1 Å². The molecular formula is C21H16FN3O4S3. The van der Waals surface area contributed by atoms with Crippen molar-refractivity contribution in [3.05, 3.63) is 58.5 Å². The molecular weight excluding hydrogens is 473 g/mol. The zero-order valence-electron chi connectivity index (χ0n) is 16.7. The molecule has 0 aliphatic heterocycles. The summed E-state index contributed by atoms with van der Waals surface area (Å²) in [6, 6.07) is 9.59. The summed E-state index contributed by atoms with van der Waals surface area (Å²) in [4.78, 5) is 26.0. The Hall–Kier alpha value is -3.02. The van der Waals surface area contributed by atoms with Crippen LogP contribution >= 0.6 is 34.4 Å². The highest BCUT2D eigenvalue weighted by molar-refractivity contribution is 7.99. The second kappa shape index (κ2) is 10.1. The molecule has 0 saturated heterocycles. The minimum absolute atomic E-state index is 0.0146. The number of halogens is 1. The fraction of sp³-hybridized carbons (Fsp3) is 0.143. The van der Waals surface area contributed by atoms with E-state index in [0.29, 0.717) is 16.1 Å². The Morgan fingerprint density at radius 3 is 2.84 bits per heavy atom. The molecule has 0 unspecified atom stereocenters. The molecule has 1 N–H and O–H groups in total. The van der Waals surface area contributed by atoms with E-state index in [1.165, 1.54) is 34.8 Å². The maximum atomic E-state index is 13.4. The quantitative estimate of drug-likeness (QED) is 0.255. The number of nitrogens with zero attached hydrogens (tertiary/aromatic N) is 2. The number of thiophene rings is 2. The Bertz CT molecular complexity index is 1240. The maximum Gasteiger partial charge on any atom is 0.341 e. The predicted molar refractivity (Wildman–Crippen MR) is 123 cm³/mol. The maximum absolute atomic E-state index is 13.4. The number of carbonyl (C=O) groups excluding carboxylic acids is 2. The lowest BCUT2D eigenvalue weighted by Crippen LogP contribution is -2.16. The van der Waals surface area contributed by atoms with Crippen LogP contribution in [0.25, 0.3) is 21.9 Å². The van der Waals surface area contributed by atoms with Gasteiger partial charge in [0.2, 0.25) is 11.8 Å². The van der Waals surface area contributed by atoms with Gasteiger partial charge in [0.25, 0.3) is 5.22 Å². The summed E-state index contributed by atoms with van der Waals surface area (Å²) in [5.41, 5.74) is 1.51. The number of nitrogens with one attached hydrogen (secondary N) is 1. The first-order valence-electron chi connectivity index (χ1n) is 9.39. The smallest absolute Gasteiger partial charge is 0.341 e. The van der Waals surface area contributed by atoms with Crippen molar-refractivity contribution in [3.63, 3.8) is 0 Å². The molecule has 3 heterocycles. The van der Waals surface area contributed by atoms with E-state index in [0.717, 1.165) is 22.2 Å². The molecule has 0 atom stereocenters. The van der Waals surface area contributed by atoms with Gasteiger partial charge in [0.15, 0.2) is 0 Å². The number of rotatable bonds is 8. The molecule has 164 valence electrons. The number of carbonyl (C=O) groups is 2. The van der Waals surface area contributed by atoms with Crippen LogP contribution < -0.4 is 5.32 Å². The topological polar surface area (TPSA) is 94.3 Å². The highest BCUT2D eigenvalue weighted by Crippen LogP contribution is 2.38. The van der Waals surface area contributed by atoms with Crippen LogP contribution in [0.5, 0.6) is 0 Å². The van der Waals surface area contributed by atoms with Gasteiger partial charge < -0.3 is 14.5 Å². The lowest BCUT2D eigenvalue weighted by Gasteiger charge is -2.07. The molecule has 7 nitrogen and oxygen atoms in total. The van der Waals surface area contributed by atoms with E-state index in [2.05, 4.69) is 15.5 Å². The van der Waals surface area contributed by atoms with Crippen molar-refractivity contribution in [3.8, 4) is 21.9 Å². The molecule has 0 saturated carbocycles. The SMILES string of the molecule is CCOC(=O)c1c(-c2cccs2)csc1NC(=O)CSc1nnc(-c2cccc(F)c2)o1. The van der Waals surface area contributed by atoms with E-state index >= 15 is 0 Å². The second-order valence-electron chi connectivity index (χ2n) is 6.27. The van der Waals surface area contributed by atoms with Gasteiger partial charge in [-0.1, -0.05) is 23.9 Å². The molecule has 4 rings (SSSR count). The molecule has 0 spiro atoms. The standard InChI is InChI=1S/C21H16FN3O4S3/c1-2-28-20(27)17-14(15-7-4-8-30-15)10-31-19(17)23-16(26)11-32-21-25-24-18(29-21)12-5-3-6-13(22)9-12/h3-10H,2,11H2,1H3,(H,23,26). The van der Waals surface area contributed by atoms with Gasteiger partial charge in [-0.2, -0.15) is 0 Å². The minimum atomic E-state index is -0.489. The van der Waals surface area contributed by atoms with Crippen LogP contribution in [0.1, 0.15) is 17.3 Å². The largest absolute Gasteiger partial charge is 0.462 e. The molecule has 0 fully saturated rings. The van der Waals surface area contributed by atoms with Crippen LogP contribution in [0.2, 0.25) is 0 Å². The number of amides is 1. The fourth-order valence-electron chi connectivity index (χ4n) is 2.77. The van der Waals surface area contributed by atoms with E-state index in [9.17, 15) is 14.0 Å². The fourth-order valence-corrected chi connectivity index (χ4v) is 5.12. The molecule has 0 aliphatic rings. The first-order chi connectivity index (χ1) is 15.5. The Balaban J connectivity index is 1.44. The van der Waals surface area contributed by atoms with E-state index in [-0.39, 0.29) is 29.4 Å². The van der Waals surface area contributed by atoms with Crippen molar-refractivity contribution in [1.29, 1.82) is 0 Å². The molecule has 1 amide bonds. The Kier molecular flexibility index (Phi) is 6.98. The van der Waals surface area contributed by atoms with Crippen LogP contribution in [0, 0.1) is 5.82 Å². The number of esters is 1. The average molecular weight is 490 g/mol. The molecule has 0 radical (unpaired) electrons. The van der Waals surface area contributed by atoms with Crippen molar-refractivity contribution >= 4 is 51.3 Å². The summed E-state index contributed by atoms with van der Waals surface area (Å²) in [6.07, 6.45) is 0. The zero-order valence-corrected chi connectivity index (χ0v) is 19.1. The summed E-state index contributed by atoms with van der Waals surface area (Å²) in [5.74, 6) is -1.10. The van der Waals surface area contributed by atoms with Crippen LogP contribution in [-0.2, 0) is 9.53 Å². The molecule has 1 aromatic carbocycles. The second-order valence-corrected chi connectivity index (χ2v) is 9.03. The van der Waals surface area contributed by atoms with Crippen LogP contribution in [-0.4, -0.2) is 34.4 Å². The molecule has 4 aromatic rings. The zero-order chi connectivity index (χ0) is 22.5. The van der Waals surface area contributed by atoms with E-state index < -0.39 is 11.8 Å². The third-order valence-corrected chi connectivity index (χ3v) is 6.73. The number of hydrogen-bond acceptors (Lipinski definition) is 9. The van der Waals surface area contributed by atoms with Crippen LogP contribution in [0.15, 0.2) is 56.8 Å². The van der Waals surface area contributed by atoms with Crippen molar-refractivity contribution in [2.24, 2.45) is 0 Å². The Morgan fingerprint density at radius 1 is 1.22 bits per heavy atom. The number of hydrogen-bond donors (Lipinski definition) is 1. The monoisotopic (exact) mass is 489 g/mol. The predicted octanol–water partition coefficient (Wildman–Crippen LogP) is 5.57. The van der Waals surface area contributed by atoms with Gasteiger partial charge in [0, 0.05) is 21.4 Å². The van der Waals surface area contributed by atoms with Gasteiger partial charge in [-0.25, -0.2) is 9.18 Å². The average Bonchev–Trinajstić information content (AvgIpc) is 3.53. The Labute approximate surface area is 194 Å². The summed E-state index contributed by atoms with van der Waals surface area (Å²) >= 11 is 3.80. The van der Waals surface area contributed by atoms with Gasteiger partial charge >= 0.3 is 5.97 Å². The van der Waals surface area contributed by atoms with Crippen molar-refractivity contribution in [2.45, 2.75) is 12.1 Å². The lowest BCUT2D eigenvalue weighted by atomic mass is 10.1. The Morgan fingerprint density at radius 2 is 2.09 bits per heavy atom. The normalized spacial score (nSPS) is 10.8. The van der Waals surface area contributed by atoms with Crippen LogP contribution in [0.4, 0.5) is 9.39 Å². The van der Waals surface area contributed by atoms with Gasteiger partial charge in [-0.3, -0.25) is 4.79 Å². The summed E-state index contributed by atoms with van der Waals surface area (Å²) < 4.78 is 24.1. The molecule has 11 heteroatoms. The van der Waals surface area contributed by atoms with Gasteiger partial charge in [0.1, 0.15) is 16.4 Å². The van der Waals surface area contributed by atoms with Crippen molar-refractivity contribution in [1.82, 2.24) is 10.2 Å². The number of ether oxygens (including phenoxy) is 1. The summed E-state index contributed by atoms with van der Waals surface area (Å²) in [7, 11) is 0. The van der Waals surface area contributed by atoms with E-state index in [1.807, 2.05) is 22.9 Å². The third kappa shape index (κ3) is 5.06. The van der Waals surface area contributed by atoms with Crippen LogP contribution in [0.3, 0.4) is 0 Å². The molecule has 3 aromatic heterocycles. The number of benzene rings is 1. The molecule has 32 heavy (non-hydrogen) atoms. The van der Waals surface area contributed by atoms with Crippen molar-refractivity contribution < 1.29 is 23.1 Å². The number of anilines is 1. The highest BCUT2D eigenvalue weighted by Gasteiger charge is 2.23. The molecule has 0 aliphatic carbocycles. The van der Waals surface area contributed by atoms with Gasteiger partial charge in [-0.05, 0) is 36.6 Å². The summed E-state index contributed by atoms with van der Waals surface area (Å²) in [5, 5.41) is 14.9. The highest BCUT2D eigenvalue weighted by atomic mass is 32.2. The first kappa shape index (κ1) is 22.2. The van der Waals surface area contributed by atoms with Gasteiger partial charge in [0.05, 0.1) is 12.4 Å². The van der Waals surface area contributed by atoms with Crippen molar-refractivity contribution in [2.75, 3.05) is 17.7 Å². The van der Waals surface area contributed by atoms with E-state index in [4.69, 9.17) is 9.15 Å². The summed E-state index contributed by atoms with van der Waals surface area (Å²) in [6.45, 7) is 1.96. The minimum Gasteiger partial charge on any atom is -0.462 e. The molecule has 0 bridgehead atoms. The third-order valence-electron chi connectivity index (χ3n) is 4.11. The van der Waals surface area contributed by atoms with Gasteiger partial charge in [-0.15, -0.1) is 32.9 Å². The first-order valence-corrected chi connectivity index (χ1v) is 12.1.